The molecule has 0 N–H and O–H groups in total. The molecule has 3 heteroatoms. The summed E-state index contributed by atoms with van der Waals surface area (Å²) in [7, 11) is 0. The van der Waals surface area contributed by atoms with Gasteiger partial charge in [-0.15, -0.1) is 0 Å². The Labute approximate surface area is 242 Å². The summed E-state index contributed by atoms with van der Waals surface area (Å²) < 4.78 is 8.44. The zero-order chi connectivity index (χ0) is 26.8. The van der Waals surface area contributed by atoms with E-state index < -0.39 is 18.0 Å². The second kappa shape index (κ2) is 9.37. The van der Waals surface area contributed by atoms with E-state index in [0.717, 1.165) is 10.0 Å². The first kappa shape index (κ1) is 25.6. The third-order valence-electron chi connectivity index (χ3n) is 10.2. The van der Waals surface area contributed by atoms with Crippen molar-refractivity contribution in [2.75, 3.05) is 0 Å². The number of hydrogen-bond donors (Lipinski definition) is 0. The number of fused-ring (bicyclic) bond motifs is 2. The van der Waals surface area contributed by atoms with E-state index in [0.29, 0.717) is 7.35 Å². The van der Waals surface area contributed by atoms with Gasteiger partial charge in [0.1, 0.15) is 0 Å². The van der Waals surface area contributed by atoms with Crippen molar-refractivity contribution in [3.63, 3.8) is 0 Å². The van der Waals surface area contributed by atoms with E-state index in [2.05, 4.69) is 94.3 Å². The Bertz CT molecular complexity index is 1620. The van der Waals surface area contributed by atoms with Crippen LogP contribution in [-0.4, -0.2) is 3.26 Å². The summed E-state index contributed by atoms with van der Waals surface area (Å²) >= 11 is 8.61. The Morgan fingerprint density at radius 3 is 1.41 bits per heavy atom. The molecule has 3 aliphatic carbocycles. The zero-order valence-corrected chi connectivity index (χ0v) is 27.5. The van der Waals surface area contributed by atoms with Crippen LogP contribution in [0.4, 0.5) is 0 Å². The summed E-state index contributed by atoms with van der Waals surface area (Å²) in [6, 6.07) is 30.5. The number of hydrogen-bond acceptors (Lipinski definition) is 0. The molecule has 0 radical (unpaired) electrons. The van der Waals surface area contributed by atoms with Crippen LogP contribution < -0.4 is 0 Å². The van der Waals surface area contributed by atoms with Crippen LogP contribution in [0.5, 0.6) is 0 Å². The molecule has 7 rings (SSSR count). The van der Waals surface area contributed by atoms with Crippen LogP contribution >= 0.6 is 23.2 Å². The molecule has 194 valence electrons. The van der Waals surface area contributed by atoms with Crippen molar-refractivity contribution in [1.29, 1.82) is 0 Å². The molecule has 4 aromatic rings. The van der Waals surface area contributed by atoms with Crippen molar-refractivity contribution < 1.29 is 18.0 Å². The van der Waals surface area contributed by atoms with Gasteiger partial charge in [-0.3, -0.25) is 0 Å². The Balaban J connectivity index is 1.39. The van der Waals surface area contributed by atoms with Gasteiger partial charge >= 0.3 is 244 Å². The third-order valence-corrected chi connectivity index (χ3v) is 37.8. The first-order valence-electron chi connectivity index (χ1n) is 14.0. The van der Waals surface area contributed by atoms with Crippen molar-refractivity contribution in [3.8, 4) is 22.3 Å². The average Bonchev–Trinajstić information content (AvgIpc) is 3.54. The van der Waals surface area contributed by atoms with E-state index in [1.165, 1.54) is 63.8 Å². The SMILES string of the molecule is [CH3][Hf]([CH3])(=[C]1CCC1)([CH]1C=Cc2c(-c3ccc(Cl)cc3)cccc21)[CH]1C=Cc2c(-c3ccc(Cl)cc3)cccc21. The van der Waals surface area contributed by atoms with Crippen molar-refractivity contribution in [3.05, 3.63) is 129 Å². The van der Waals surface area contributed by atoms with Crippen LogP contribution in [0.15, 0.2) is 97.1 Å². The predicted molar refractivity (Wildman–Crippen MR) is 168 cm³/mol. The summed E-state index contributed by atoms with van der Waals surface area (Å²) in [6.07, 6.45) is 14.0. The van der Waals surface area contributed by atoms with Gasteiger partial charge in [0.05, 0.1) is 0 Å². The fourth-order valence-corrected chi connectivity index (χ4v) is 33.1. The molecule has 2 atom stereocenters. The Morgan fingerprint density at radius 2 is 1.03 bits per heavy atom. The maximum atomic E-state index is 6.23. The number of halogens is 2. The average molecular weight is 714 g/mol. The Morgan fingerprint density at radius 1 is 0.590 bits per heavy atom. The molecule has 1 saturated carbocycles. The number of rotatable bonds is 4. The van der Waals surface area contributed by atoms with Gasteiger partial charge in [0.25, 0.3) is 0 Å². The summed E-state index contributed by atoms with van der Waals surface area (Å²) in [5, 5.41) is 1.56. The normalized spacial score (nSPS) is 19.7. The molecule has 2 unspecified atom stereocenters. The van der Waals surface area contributed by atoms with Gasteiger partial charge in [-0.1, -0.05) is 0 Å². The van der Waals surface area contributed by atoms with Crippen LogP contribution in [0.1, 0.15) is 48.9 Å². The molecule has 0 aliphatic heterocycles. The molecule has 0 nitrogen and oxygen atoms in total. The monoisotopic (exact) mass is 714 g/mol. The molecular weight excluding hydrogens is 682 g/mol. The molecule has 0 spiro atoms. The predicted octanol–water partition coefficient (Wildman–Crippen LogP) is 11.3. The first-order valence-corrected chi connectivity index (χ1v) is 27.9. The molecule has 3 aliphatic rings. The summed E-state index contributed by atoms with van der Waals surface area (Å²) in [5.74, 6) is 0. The molecule has 0 aromatic heterocycles. The minimum absolute atomic E-state index is 0.499. The van der Waals surface area contributed by atoms with E-state index in [1.807, 2.05) is 27.5 Å². The standard InChI is InChI=1S/2C15H10Cl.C4H6.2CH3.Hf/c2*16-13-9-7-12(8-10-13)15-6-2-4-11-3-1-5-14(11)15;1-2-4-3-1;;;/h2*1-10H;1-3H2;2*1H3;. The zero-order valence-electron chi connectivity index (χ0n) is 22.4. The van der Waals surface area contributed by atoms with E-state index in [1.54, 1.807) is 0 Å². The summed E-state index contributed by atoms with van der Waals surface area (Å²) in [4.78, 5) is 0. The van der Waals surface area contributed by atoms with Crippen LogP contribution in [0.2, 0.25) is 19.4 Å². The van der Waals surface area contributed by atoms with Gasteiger partial charge < -0.3 is 0 Å². The second-order valence-corrected chi connectivity index (χ2v) is 39.0. The molecule has 0 saturated heterocycles. The number of benzene rings is 4. The molecule has 0 amide bonds. The van der Waals surface area contributed by atoms with Gasteiger partial charge in [0.2, 0.25) is 0 Å². The molecule has 4 aromatic carbocycles. The van der Waals surface area contributed by atoms with Crippen LogP contribution in [0, 0.1) is 0 Å². The van der Waals surface area contributed by atoms with Gasteiger partial charge in [0.15, 0.2) is 0 Å². The fraction of sp³-hybridized carbons (Fsp3) is 0.194. The van der Waals surface area contributed by atoms with Crippen molar-refractivity contribution in [1.82, 2.24) is 0 Å². The van der Waals surface area contributed by atoms with Crippen LogP contribution in [0.3, 0.4) is 0 Å². The molecule has 1 fully saturated rings. The van der Waals surface area contributed by atoms with Gasteiger partial charge in [0, 0.05) is 0 Å². The fourth-order valence-electron chi connectivity index (χ4n) is 7.76. The van der Waals surface area contributed by atoms with Crippen molar-refractivity contribution in [2.24, 2.45) is 0 Å². The van der Waals surface area contributed by atoms with Crippen LogP contribution in [-0.2, 0) is 18.0 Å². The van der Waals surface area contributed by atoms with Crippen LogP contribution in [0.25, 0.3) is 34.4 Å². The summed E-state index contributed by atoms with van der Waals surface area (Å²) in [6.45, 7) is 0. The van der Waals surface area contributed by atoms with E-state index >= 15 is 0 Å². The summed E-state index contributed by atoms with van der Waals surface area (Å²) in [5.41, 5.74) is 10.9. The Hall–Kier alpha value is -2.32. The topological polar surface area (TPSA) is 0 Å². The molecule has 0 bridgehead atoms. The van der Waals surface area contributed by atoms with Crippen molar-refractivity contribution >= 4 is 38.6 Å². The maximum absolute atomic E-state index is 6.23. The quantitative estimate of drug-likeness (QED) is 0.185. The molecular formula is C36H32Cl2Hf. The van der Waals surface area contributed by atoms with E-state index in [4.69, 9.17) is 23.2 Å². The van der Waals surface area contributed by atoms with E-state index in [-0.39, 0.29) is 0 Å². The second-order valence-electron chi connectivity index (χ2n) is 12.4. The Kier molecular flexibility index (Phi) is 6.16. The molecule has 0 heterocycles. The third kappa shape index (κ3) is 3.91. The first-order chi connectivity index (χ1) is 18.8. The molecule has 39 heavy (non-hydrogen) atoms. The van der Waals surface area contributed by atoms with Gasteiger partial charge in [-0.25, -0.2) is 0 Å². The van der Waals surface area contributed by atoms with Gasteiger partial charge in [-0.2, -0.15) is 0 Å². The van der Waals surface area contributed by atoms with Crippen molar-refractivity contribution in [2.45, 2.75) is 36.0 Å². The van der Waals surface area contributed by atoms with Gasteiger partial charge in [-0.05, 0) is 0 Å². The minimum atomic E-state index is -3.84. The number of allylic oxidation sites excluding steroid dienone is 2. The van der Waals surface area contributed by atoms with E-state index in [9.17, 15) is 0 Å².